The zero-order chi connectivity index (χ0) is 18.1. The average molecular weight is 416 g/mol. The van der Waals surface area contributed by atoms with Gasteiger partial charge in [-0.25, -0.2) is 0 Å². The standard InChI is InChI=1S/C19H18BrN3O3/c1-12-8-9-16(25-12)17-21-18(26-22-17)13-5-4-10-23(11-13)19(24)14-6-2-3-7-15(14)20/h2-3,6-9,13H,4-5,10-11H2,1H3/t13-/m0/s1. The van der Waals surface area contributed by atoms with Crippen LogP contribution in [0.15, 0.2) is 49.8 Å². The van der Waals surface area contributed by atoms with Crippen LogP contribution in [0.2, 0.25) is 0 Å². The predicted octanol–water partition coefficient (Wildman–Crippen LogP) is 4.42. The van der Waals surface area contributed by atoms with Crippen LogP contribution in [0.4, 0.5) is 0 Å². The van der Waals surface area contributed by atoms with Crippen molar-refractivity contribution in [2.24, 2.45) is 0 Å². The van der Waals surface area contributed by atoms with Crippen LogP contribution in [0.25, 0.3) is 11.6 Å². The number of halogens is 1. The van der Waals surface area contributed by atoms with Crippen LogP contribution >= 0.6 is 15.9 Å². The van der Waals surface area contributed by atoms with Gasteiger partial charge in [0.1, 0.15) is 5.76 Å². The molecule has 1 amide bonds. The SMILES string of the molecule is Cc1ccc(-c2noc([C@H]3CCCN(C(=O)c4ccccc4Br)C3)n2)o1. The molecule has 1 aliphatic heterocycles. The Bertz CT molecular complexity index is 934. The van der Waals surface area contributed by atoms with Crippen LogP contribution in [-0.4, -0.2) is 34.0 Å². The van der Waals surface area contributed by atoms with Crippen molar-refractivity contribution in [2.45, 2.75) is 25.7 Å². The molecule has 1 saturated heterocycles. The van der Waals surface area contributed by atoms with E-state index in [1.54, 1.807) is 0 Å². The molecule has 0 aliphatic carbocycles. The molecule has 6 nitrogen and oxygen atoms in total. The van der Waals surface area contributed by atoms with E-state index < -0.39 is 0 Å². The highest BCUT2D eigenvalue weighted by atomic mass is 79.9. The molecule has 1 fully saturated rings. The van der Waals surface area contributed by atoms with Crippen LogP contribution in [0.3, 0.4) is 0 Å². The smallest absolute Gasteiger partial charge is 0.255 e. The van der Waals surface area contributed by atoms with E-state index in [4.69, 9.17) is 8.94 Å². The van der Waals surface area contributed by atoms with Gasteiger partial charge in [-0.2, -0.15) is 4.98 Å². The summed E-state index contributed by atoms with van der Waals surface area (Å²) >= 11 is 3.46. The Morgan fingerprint density at radius 2 is 2.12 bits per heavy atom. The van der Waals surface area contributed by atoms with E-state index in [1.807, 2.05) is 48.2 Å². The van der Waals surface area contributed by atoms with Gasteiger partial charge in [0.15, 0.2) is 5.76 Å². The first kappa shape index (κ1) is 17.0. The van der Waals surface area contributed by atoms with Crippen molar-refractivity contribution in [1.82, 2.24) is 15.0 Å². The van der Waals surface area contributed by atoms with Gasteiger partial charge >= 0.3 is 0 Å². The number of carbonyl (C=O) groups excluding carboxylic acids is 1. The van der Waals surface area contributed by atoms with Crippen LogP contribution in [0.5, 0.6) is 0 Å². The second kappa shape index (κ2) is 7.07. The quantitative estimate of drug-likeness (QED) is 0.632. The third-order valence-corrected chi connectivity index (χ3v) is 5.26. The molecule has 0 N–H and O–H groups in total. The van der Waals surface area contributed by atoms with Crippen molar-refractivity contribution < 1.29 is 13.7 Å². The van der Waals surface area contributed by atoms with Crippen LogP contribution in [0.1, 0.15) is 40.8 Å². The molecular weight excluding hydrogens is 398 g/mol. The number of amides is 1. The van der Waals surface area contributed by atoms with E-state index in [0.29, 0.717) is 29.6 Å². The van der Waals surface area contributed by atoms with Crippen molar-refractivity contribution in [3.63, 3.8) is 0 Å². The fraction of sp³-hybridized carbons (Fsp3) is 0.316. The summed E-state index contributed by atoms with van der Waals surface area (Å²) in [4.78, 5) is 19.2. The third kappa shape index (κ3) is 3.31. The minimum atomic E-state index is 0.0172. The summed E-state index contributed by atoms with van der Waals surface area (Å²) in [5.74, 6) is 2.45. The van der Waals surface area contributed by atoms with E-state index in [2.05, 4.69) is 26.1 Å². The molecule has 3 aromatic rings. The van der Waals surface area contributed by atoms with Gasteiger partial charge < -0.3 is 13.8 Å². The Morgan fingerprint density at radius 3 is 2.88 bits per heavy atom. The number of carbonyl (C=O) groups is 1. The Morgan fingerprint density at radius 1 is 1.27 bits per heavy atom. The van der Waals surface area contributed by atoms with E-state index >= 15 is 0 Å². The first-order valence-corrected chi connectivity index (χ1v) is 9.35. The summed E-state index contributed by atoms with van der Waals surface area (Å²) in [5.41, 5.74) is 0.672. The Hall–Kier alpha value is -2.41. The summed E-state index contributed by atoms with van der Waals surface area (Å²) in [6.07, 6.45) is 1.82. The topological polar surface area (TPSA) is 72.4 Å². The van der Waals surface area contributed by atoms with Gasteiger partial charge in [0.05, 0.1) is 11.5 Å². The minimum Gasteiger partial charge on any atom is -0.458 e. The minimum absolute atomic E-state index is 0.0172. The van der Waals surface area contributed by atoms with Crippen LogP contribution in [-0.2, 0) is 0 Å². The molecule has 0 unspecified atom stereocenters. The number of nitrogens with zero attached hydrogens (tertiary/aromatic N) is 3. The molecule has 2 aromatic heterocycles. The van der Waals surface area contributed by atoms with Crippen molar-refractivity contribution in [3.8, 4) is 11.6 Å². The van der Waals surface area contributed by atoms with Crippen LogP contribution in [0, 0.1) is 6.92 Å². The van der Waals surface area contributed by atoms with Gasteiger partial charge in [-0.1, -0.05) is 17.3 Å². The van der Waals surface area contributed by atoms with Crippen molar-refractivity contribution in [1.29, 1.82) is 0 Å². The lowest BCUT2D eigenvalue weighted by Gasteiger charge is -2.31. The lowest BCUT2D eigenvalue weighted by atomic mass is 9.97. The number of hydrogen-bond acceptors (Lipinski definition) is 5. The highest BCUT2D eigenvalue weighted by Crippen LogP contribution is 2.29. The van der Waals surface area contributed by atoms with Crippen molar-refractivity contribution >= 4 is 21.8 Å². The molecule has 1 atom stereocenters. The Labute approximate surface area is 159 Å². The first-order chi connectivity index (χ1) is 12.6. The number of rotatable bonds is 3. The number of aryl methyl sites for hydroxylation is 1. The predicted molar refractivity (Wildman–Crippen MR) is 98.8 cm³/mol. The number of piperidine rings is 1. The fourth-order valence-corrected chi connectivity index (χ4v) is 3.68. The average Bonchev–Trinajstić information content (AvgIpc) is 3.31. The fourth-order valence-electron chi connectivity index (χ4n) is 3.22. The van der Waals surface area contributed by atoms with Crippen molar-refractivity contribution in [3.05, 3.63) is 58.1 Å². The molecule has 1 aromatic carbocycles. The summed E-state index contributed by atoms with van der Waals surface area (Å²) < 4.78 is 11.8. The number of furan rings is 1. The summed E-state index contributed by atoms with van der Waals surface area (Å²) in [5, 5.41) is 4.03. The molecule has 0 spiro atoms. The van der Waals surface area contributed by atoms with Gasteiger partial charge in [-0.15, -0.1) is 0 Å². The lowest BCUT2D eigenvalue weighted by Crippen LogP contribution is -2.39. The van der Waals surface area contributed by atoms with Crippen molar-refractivity contribution in [2.75, 3.05) is 13.1 Å². The molecule has 3 heterocycles. The summed E-state index contributed by atoms with van der Waals surface area (Å²) in [6, 6.07) is 11.2. The highest BCUT2D eigenvalue weighted by molar-refractivity contribution is 9.10. The molecule has 134 valence electrons. The molecule has 0 saturated carbocycles. The second-order valence-electron chi connectivity index (χ2n) is 6.44. The molecule has 1 aliphatic rings. The maximum atomic E-state index is 12.8. The largest absolute Gasteiger partial charge is 0.458 e. The van der Waals surface area contributed by atoms with Gasteiger partial charge in [0.2, 0.25) is 11.7 Å². The number of likely N-dealkylation sites (tertiary alicyclic amines) is 1. The first-order valence-electron chi connectivity index (χ1n) is 8.56. The molecular formula is C19H18BrN3O3. The zero-order valence-electron chi connectivity index (χ0n) is 14.3. The zero-order valence-corrected chi connectivity index (χ0v) is 15.9. The van der Waals surface area contributed by atoms with Gasteiger partial charge in [-0.3, -0.25) is 4.79 Å². The monoisotopic (exact) mass is 415 g/mol. The van der Waals surface area contributed by atoms with Gasteiger partial charge in [-0.05, 0) is 60.0 Å². The highest BCUT2D eigenvalue weighted by Gasteiger charge is 2.30. The second-order valence-corrected chi connectivity index (χ2v) is 7.29. The van der Waals surface area contributed by atoms with Crippen LogP contribution < -0.4 is 0 Å². The Balaban J connectivity index is 1.51. The van der Waals surface area contributed by atoms with Gasteiger partial charge in [0, 0.05) is 17.6 Å². The number of aromatic nitrogens is 2. The summed E-state index contributed by atoms with van der Waals surface area (Å²) in [6.45, 7) is 3.17. The van der Waals surface area contributed by atoms with Gasteiger partial charge in [0.25, 0.3) is 5.91 Å². The third-order valence-electron chi connectivity index (χ3n) is 4.56. The molecule has 0 radical (unpaired) electrons. The molecule has 4 rings (SSSR count). The Kier molecular flexibility index (Phi) is 4.63. The number of hydrogen-bond donors (Lipinski definition) is 0. The van der Waals surface area contributed by atoms with E-state index in [0.717, 1.165) is 29.6 Å². The molecule has 7 heteroatoms. The van der Waals surface area contributed by atoms with E-state index in [9.17, 15) is 4.79 Å². The lowest BCUT2D eigenvalue weighted by molar-refractivity contribution is 0.0694. The normalized spacial score (nSPS) is 17.5. The molecule has 0 bridgehead atoms. The maximum absolute atomic E-state index is 12.8. The van der Waals surface area contributed by atoms with E-state index in [1.165, 1.54) is 0 Å². The number of benzene rings is 1. The molecule has 26 heavy (non-hydrogen) atoms. The van der Waals surface area contributed by atoms with E-state index in [-0.39, 0.29) is 11.8 Å². The maximum Gasteiger partial charge on any atom is 0.255 e. The summed E-state index contributed by atoms with van der Waals surface area (Å²) in [7, 11) is 0.